The van der Waals surface area contributed by atoms with Crippen molar-refractivity contribution in [3.8, 4) is 5.75 Å². The summed E-state index contributed by atoms with van der Waals surface area (Å²) in [5.41, 5.74) is 6.41. The van der Waals surface area contributed by atoms with Crippen molar-refractivity contribution >= 4 is 29.0 Å². The normalized spacial score (nSPS) is 10.0. The Balaban J connectivity index is 2.23. The van der Waals surface area contributed by atoms with E-state index in [1.807, 2.05) is 0 Å². The number of pyridine rings is 1. The number of rotatable bonds is 3. The fourth-order valence-electron chi connectivity index (χ4n) is 1.51. The molecule has 98 valence electrons. The van der Waals surface area contributed by atoms with Crippen LogP contribution in [-0.2, 0) is 0 Å². The van der Waals surface area contributed by atoms with Crippen molar-refractivity contribution in [2.24, 2.45) is 0 Å². The Bertz CT molecular complexity index is 617. The van der Waals surface area contributed by atoms with Gasteiger partial charge in [0.2, 0.25) is 0 Å². The summed E-state index contributed by atoms with van der Waals surface area (Å²) in [5.74, 6) is 0.572. The van der Waals surface area contributed by atoms with Gasteiger partial charge in [-0.2, -0.15) is 0 Å². The monoisotopic (exact) mass is 277 g/mol. The predicted molar refractivity (Wildman–Crippen MR) is 74.6 cm³/mol. The van der Waals surface area contributed by atoms with Crippen molar-refractivity contribution in [1.82, 2.24) is 4.98 Å². The Morgan fingerprint density at radius 1 is 1.37 bits per heavy atom. The molecule has 0 aliphatic heterocycles. The predicted octanol–water partition coefficient (Wildman–Crippen LogP) is 2.58. The number of methoxy groups -OCH3 is 1. The smallest absolute Gasteiger partial charge is 0.255 e. The number of nitrogen functional groups attached to an aromatic ring is 1. The number of carbonyl (C=O) groups excluding carboxylic acids is 1. The zero-order valence-corrected chi connectivity index (χ0v) is 10.9. The highest BCUT2D eigenvalue weighted by Crippen LogP contribution is 2.27. The highest BCUT2D eigenvalue weighted by atomic mass is 35.5. The van der Waals surface area contributed by atoms with Crippen LogP contribution in [0.3, 0.4) is 0 Å². The van der Waals surface area contributed by atoms with Gasteiger partial charge in [-0.05, 0) is 24.3 Å². The number of nitrogens with two attached hydrogens (primary N) is 1. The molecule has 0 unspecified atom stereocenters. The first-order valence-corrected chi connectivity index (χ1v) is 5.84. The maximum absolute atomic E-state index is 12.0. The summed E-state index contributed by atoms with van der Waals surface area (Å²) in [6.45, 7) is 0. The van der Waals surface area contributed by atoms with Crippen molar-refractivity contribution in [2.45, 2.75) is 0 Å². The minimum atomic E-state index is -0.316. The molecule has 0 radical (unpaired) electrons. The number of amides is 1. The van der Waals surface area contributed by atoms with Gasteiger partial charge in [0.1, 0.15) is 11.6 Å². The zero-order valence-electron chi connectivity index (χ0n) is 10.2. The lowest BCUT2D eigenvalue weighted by atomic mass is 10.2. The molecular weight excluding hydrogens is 266 g/mol. The van der Waals surface area contributed by atoms with Crippen LogP contribution in [0.4, 0.5) is 11.5 Å². The lowest BCUT2D eigenvalue weighted by Crippen LogP contribution is -2.12. The van der Waals surface area contributed by atoms with Crippen molar-refractivity contribution in [2.75, 3.05) is 18.2 Å². The number of aromatic nitrogens is 1. The molecule has 0 aliphatic rings. The van der Waals surface area contributed by atoms with Crippen LogP contribution in [0.25, 0.3) is 0 Å². The van der Waals surface area contributed by atoms with Crippen LogP contribution >= 0.6 is 11.6 Å². The van der Waals surface area contributed by atoms with Crippen LogP contribution in [0, 0.1) is 0 Å². The van der Waals surface area contributed by atoms with E-state index in [0.717, 1.165) is 0 Å². The minimum absolute atomic E-state index is 0.282. The first kappa shape index (κ1) is 13.2. The molecule has 1 heterocycles. The molecule has 0 aliphatic carbocycles. The summed E-state index contributed by atoms with van der Waals surface area (Å²) >= 11 is 6.01. The van der Waals surface area contributed by atoms with Gasteiger partial charge >= 0.3 is 0 Å². The topological polar surface area (TPSA) is 77.2 Å². The number of hydrogen-bond donors (Lipinski definition) is 2. The summed E-state index contributed by atoms with van der Waals surface area (Å²) in [6, 6.07) is 8.06. The summed E-state index contributed by atoms with van der Waals surface area (Å²) in [6.07, 6.45) is 1.47. The van der Waals surface area contributed by atoms with Crippen LogP contribution < -0.4 is 15.8 Å². The number of hydrogen-bond acceptors (Lipinski definition) is 4. The van der Waals surface area contributed by atoms with Gasteiger partial charge in [-0.15, -0.1) is 0 Å². The quantitative estimate of drug-likeness (QED) is 0.904. The second-order valence-corrected chi connectivity index (χ2v) is 4.18. The van der Waals surface area contributed by atoms with Crippen molar-refractivity contribution < 1.29 is 9.53 Å². The number of carbonyl (C=O) groups is 1. The highest BCUT2D eigenvalue weighted by molar-refractivity contribution is 6.34. The molecule has 2 rings (SSSR count). The van der Waals surface area contributed by atoms with Gasteiger partial charge in [-0.3, -0.25) is 4.79 Å². The molecule has 0 saturated heterocycles. The number of anilines is 2. The molecule has 0 spiro atoms. The molecule has 2 aromatic rings. The van der Waals surface area contributed by atoms with E-state index in [9.17, 15) is 4.79 Å². The number of nitrogens with zero attached hydrogens (tertiary/aromatic N) is 1. The van der Waals surface area contributed by atoms with E-state index >= 15 is 0 Å². The second kappa shape index (κ2) is 5.58. The van der Waals surface area contributed by atoms with Crippen LogP contribution in [0.5, 0.6) is 5.75 Å². The summed E-state index contributed by atoms with van der Waals surface area (Å²) < 4.78 is 5.08. The molecule has 0 bridgehead atoms. The first-order valence-electron chi connectivity index (χ1n) is 5.46. The van der Waals surface area contributed by atoms with Crippen LogP contribution in [0.1, 0.15) is 10.4 Å². The minimum Gasteiger partial charge on any atom is -0.497 e. The molecule has 0 atom stereocenters. The van der Waals surface area contributed by atoms with Crippen LogP contribution in [-0.4, -0.2) is 18.0 Å². The van der Waals surface area contributed by atoms with Gasteiger partial charge in [0.05, 0.1) is 17.8 Å². The molecular formula is C13H12ClN3O2. The zero-order chi connectivity index (χ0) is 13.8. The summed E-state index contributed by atoms with van der Waals surface area (Å²) in [7, 11) is 1.54. The van der Waals surface area contributed by atoms with E-state index in [4.69, 9.17) is 22.1 Å². The maximum Gasteiger partial charge on any atom is 0.255 e. The molecule has 1 amide bonds. The molecule has 1 aromatic carbocycles. The fourth-order valence-corrected chi connectivity index (χ4v) is 1.68. The largest absolute Gasteiger partial charge is 0.497 e. The molecule has 0 fully saturated rings. The Morgan fingerprint density at radius 3 is 2.84 bits per heavy atom. The van der Waals surface area contributed by atoms with Gasteiger partial charge in [-0.25, -0.2) is 4.98 Å². The lowest BCUT2D eigenvalue weighted by molar-refractivity contribution is 0.102. The van der Waals surface area contributed by atoms with E-state index in [1.54, 1.807) is 31.4 Å². The highest BCUT2D eigenvalue weighted by Gasteiger charge is 2.10. The Hall–Kier alpha value is -2.27. The van der Waals surface area contributed by atoms with Crippen molar-refractivity contribution in [3.63, 3.8) is 0 Å². The number of ether oxygens (including phenoxy) is 1. The Labute approximate surface area is 115 Å². The van der Waals surface area contributed by atoms with E-state index in [2.05, 4.69) is 10.3 Å². The van der Waals surface area contributed by atoms with Gasteiger partial charge in [0.25, 0.3) is 5.91 Å². The molecule has 3 N–H and O–H groups in total. The van der Waals surface area contributed by atoms with Crippen molar-refractivity contribution in [1.29, 1.82) is 0 Å². The number of nitrogens with one attached hydrogen (secondary N) is 1. The van der Waals surface area contributed by atoms with Gasteiger partial charge in [-0.1, -0.05) is 11.6 Å². The second-order valence-electron chi connectivity index (χ2n) is 3.77. The molecule has 6 heteroatoms. The average molecular weight is 278 g/mol. The van der Waals surface area contributed by atoms with Crippen LogP contribution in [0.2, 0.25) is 5.02 Å². The Morgan fingerprint density at radius 2 is 2.16 bits per heavy atom. The maximum atomic E-state index is 12.0. The lowest BCUT2D eigenvalue weighted by Gasteiger charge is -2.09. The third kappa shape index (κ3) is 3.14. The molecule has 5 nitrogen and oxygen atoms in total. The fraction of sp³-hybridized carbons (Fsp3) is 0.0769. The molecule has 0 saturated carbocycles. The van der Waals surface area contributed by atoms with E-state index in [0.29, 0.717) is 22.0 Å². The SMILES string of the molecule is COc1ccc(Cl)c(NC(=O)c2ccnc(N)c2)c1. The van der Waals surface area contributed by atoms with E-state index in [-0.39, 0.29) is 11.7 Å². The van der Waals surface area contributed by atoms with E-state index < -0.39 is 0 Å². The van der Waals surface area contributed by atoms with Crippen molar-refractivity contribution in [3.05, 3.63) is 47.1 Å². The summed E-state index contributed by atoms with van der Waals surface area (Å²) in [5, 5.41) is 3.12. The van der Waals surface area contributed by atoms with Crippen LogP contribution in [0.15, 0.2) is 36.5 Å². The Kier molecular flexibility index (Phi) is 3.87. The molecule has 1 aromatic heterocycles. The van der Waals surface area contributed by atoms with Gasteiger partial charge in [0.15, 0.2) is 0 Å². The average Bonchev–Trinajstić information content (AvgIpc) is 2.41. The van der Waals surface area contributed by atoms with E-state index in [1.165, 1.54) is 12.3 Å². The molecule has 19 heavy (non-hydrogen) atoms. The first-order chi connectivity index (χ1) is 9.10. The van der Waals surface area contributed by atoms with Gasteiger partial charge in [0, 0.05) is 17.8 Å². The third-order valence-corrected chi connectivity index (χ3v) is 2.79. The van der Waals surface area contributed by atoms with Gasteiger partial charge < -0.3 is 15.8 Å². The standard InChI is InChI=1S/C13H12ClN3O2/c1-19-9-2-3-10(14)11(7-9)17-13(18)8-4-5-16-12(15)6-8/h2-7H,1H3,(H2,15,16)(H,17,18). The third-order valence-electron chi connectivity index (χ3n) is 2.47. The number of halogens is 1. The number of benzene rings is 1. The summed E-state index contributed by atoms with van der Waals surface area (Å²) in [4.78, 5) is 15.9.